The summed E-state index contributed by atoms with van der Waals surface area (Å²) in [5.74, 6) is -1.38. The quantitative estimate of drug-likeness (QED) is 0.829. The van der Waals surface area contributed by atoms with E-state index in [1.54, 1.807) is 13.0 Å². The Hall–Kier alpha value is -3.00. The van der Waals surface area contributed by atoms with Crippen LogP contribution >= 0.6 is 0 Å². The molecule has 134 valence electrons. The minimum atomic E-state index is -3.41. The zero-order valence-corrected chi connectivity index (χ0v) is 15.2. The van der Waals surface area contributed by atoms with E-state index in [9.17, 15) is 22.8 Å². The number of aryl methyl sites for hydroxylation is 1. The third-order valence-corrected chi connectivity index (χ3v) is 5.35. The smallest absolute Gasteiger partial charge is 0.261 e. The highest BCUT2D eigenvalue weighted by Gasteiger charge is 2.33. The molecule has 2 aromatic carbocycles. The second-order valence-corrected chi connectivity index (χ2v) is 8.15. The highest BCUT2D eigenvalue weighted by atomic mass is 32.2. The number of amides is 3. The lowest BCUT2D eigenvalue weighted by Crippen LogP contribution is -2.24. The largest absolute Gasteiger partial charge is 0.322 e. The number of hydrogen-bond donors (Lipinski definition) is 1. The van der Waals surface area contributed by atoms with Gasteiger partial charge in [0.1, 0.15) is 0 Å². The van der Waals surface area contributed by atoms with Gasteiger partial charge in [0.15, 0.2) is 9.84 Å². The van der Waals surface area contributed by atoms with Crippen molar-refractivity contribution in [3.63, 3.8) is 0 Å². The van der Waals surface area contributed by atoms with Crippen molar-refractivity contribution in [3.05, 3.63) is 58.7 Å². The number of anilines is 1. The predicted octanol–water partition coefficient (Wildman–Crippen LogP) is 1.88. The number of rotatable bonds is 3. The van der Waals surface area contributed by atoms with E-state index in [1.807, 2.05) is 0 Å². The molecule has 26 heavy (non-hydrogen) atoms. The summed E-state index contributed by atoms with van der Waals surface area (Å²) in [7, 11) is -2.03. The number of benzene rings is 2. The molecular formula is C18H16N2O5S. The number of sulfone groups is 1. The summed E-state index contributed by atoms with van der Waals surface area (Å²) < 4.78 is 23.4. The van der Waals surface area contributed by atoms with E-state index in [0.717, 1.165) is 11.2 Å². The number of carbonyl (C=O) groups excluding carboxylic acids is 3. The molecule has 0 unspecified atom stereocenters. The zero-order chi connectivity index (χ0) is 19.2. The lowest BCUT2D eigenvalue weighted by Gasteiger charge is -2.10. The fourth-order valence-corrected chi connectivity index (χ4v) is 3.31. The SMILES string of the molecule is Cc1ccc(S(C)(=O)=O)cc1NC(=O)c1ccc2c(c1)C(=O)N(C)C2=O. The Balaban J connectivity index is 1.93. The molecule has 1 aliphatic rings. The first kappa shape index (κ1) is 17.8. The van der Waals surface area contributed by atoms with Crippen molar-refractivity contribution in [3.8, 4) is 0 Å². The van der Waals surface area contributed by atoms with Gasteiger partial charge in [-0.15, -0.1) is 0 Å². The molecule has 1 heterocycles. The molecule has 1 aliphatic heterocycles. The van der Waals surface area contributed by atoms with Gasteiger partial charge in [0.25, 0.3) is 17.7 Å². The van der Waals surface area contributed by atoms with Crippen LogP contribution in [-0.2, 0) is 9.84 Å². The Morgan fingerprint density at radius 3 is 2.31 bits per heavy atom. The van der Waals surface area contributed by atoms with E-state index in [2.05, 4.69) is 5.32 Å². The van der Waals surface area contributed by atoms with Crippen LogP contribution in [0.2, 0.25) is 0 Å². The van der Waals surface area contributed by atoms with Crippen LogP contribution in [0.4, 0.5) is 5.69 Å². The molecule has 7 nitrogen and oxygen atoms in total. The fourth-order valence-electron chi connectivity index (χ4n) is 2.66. The second-order valence-electron chi connectivity index (χ2n) is 6.13. The monoisotopic (exact) mass is 372 g/mol. The van der Waals surface area contributed by atoms with Gasteiger partial charge in [0, 0.05) is 24.6 Å². The second kappa shape index (κ2) is 6.06. The van der Waals surface area contributed by atoms with Crippen molar-refractivity contribution < 1.29 is 22.8 Å². The van der Waals surface area contributed by atoms with Gasteiger partial charge < -0.3 is 5.32 Å². The number of hydrogen-bond acceptors (Lipinski definition) is 5. The summed E-state index contributed by atoms with van der Waals surface area (Å²) >= 11 is 0. The molecule has 0 saturated heterocycles. The molecule has 0 atom stereocenters. The first-order valence-electron chi connectivity index (χ1n) is 7.68. The summed E-state index contributed by atoms with van der Waals surface area (Å²) in [5.41, 5.74) is 1.68. The normalized spacial score (nSPS) is 13.7. The average molecular weight is 372 g/mol. The van der Waals surface area contributed by atoms with Gasteiger partial charge in [-0.25, -0.2) is 8.42 Å². The molecule has 0 bridgehead atoms. The molecule has 0 fully saturated rings. The van der Waals surface area contributed by atoms with E-state index in [0.29, 0.717) is 11.3 Å². The molecule has 0 aromatic heterocycles. The van der Waals surface area contributed by atoms with Gasteiger partial charge in [-0.05, 0) is 42.8 Å². The van der Waals surface area contributed by atoms with Crippen molar-refractivity contribution in [1.29, 1.82) is 0 Å². The van der Waals surface area contributed by atoms with E-state index < -0.39 is 27.6 Å². The Labute approximate surface area is 150 Å². The van der Waals surface area contributed by atoms with Crippen LogP contribution < -0.4 is 5.32 Å². The predicted molar refractivity (Wildman–Crippen MR) is 95.1 cm³/mol. The van der Waals surface area contributed by atoms with Crippen molar-refractivity contribution >= 4 is 33.2 Å². The molecule has 3 amide bonds. The van der Waals surface area contributed by atoms with Crippen LogP contribution in [0.3, 0.4) is 0 Å². The molecule has 1 N–H and O–H groups in total. The van der Waals surface area contributed by atoms with Crippen LogP contribution in [0.5, 0.6) is 0 Å². The maximum absolute atomic E-state index is 12.5. The summed E-state index contributed by atoms with van der Waals surface area (Å²) in [5, 5.41) is 2.65. The van der Waals surface area contributed by atoms with E-state index in [4.69, 9.17) is 0 Å². The van der Waals surface area contributed by atoms with Gasteiger partial charge in [-0.1, -0.05) is 6.07 Å². The standard InChI is InChI=1S/C18H16N2O5S/c1-10-4-6-12(26(3,24)25)9-15(10)19-16(21)11-5-7-13-14(8-11)18(23)20(2)17(13)22/h4-9H,1-3H3,(H,19,21). The number of nitrogens with one attached hydrogen (secondary N) is 1. The van der Waals surface area contributed by atoms with Crippen LogP contribution in [0.15, 0.2) is 41.3 Å². The van der Waals surface area contributed by atoms with E-state index in [-0.39, 0.29) is 21.6 Å². The summed E-state index contributed by atoms with van der Waals surface area (Å²) in [6.45, 7) is 1.74. The highest BCUT2D eigenvalue weighted by molar-refractivity contribution is 7.90. The molecule has 8 heteroatoms. The van der Waals surface area contributed by atoms with Gasteiger partial charge in [-0.3, -0.25) is 19.3 Å². The van der Waals surface area contributed by atoms with Crippen molar-refractivity contribution in [2.45, 2.75) is 11.8 Å². The highest BCUT2D eigenvalue weighted by Crippen LogP contribution is 2.24. The Kier molecular flexibility index (Phi) is 4.15. The number of fused-ring (bicyclic) bond motifs is 1. The summed E-state index contributed by atoms with van der Waals surface area (Å²) in [6.07, 6.45) is 1.09. The van der Waals surface area contributed by atoms with Crippen LogP contribution in [0.1, 0.15) is 36.6 Å². The third-order valence-electron chi connectivity index (χ3n) is 4.24. The average Bonchev–Trinajstić information content (AvgIpc) is 2.80. The van der Waals surface area contributed by atoms with Crippen molar-refractivity contribution in [2.75, 3.05) is 18.6 Å². The Morgan fingerprint density at radius 2 is 1.65 bits per heavy atom. The number of nitrogens with zero attached hydrogens (tertiary/aromatic N) is 1. The molecule has 0 saturated carbocycles. The maximum Gasteiger partial charge on any atom is 0.261 e. The lowest BCUT2D eigenvalue weighted by molar-refractivity contribution is 0.0693. The van der Waals surface area contributed by atoms with E-state index in [1.165, 1.54) is 37.4 Å². The van der Waals surface area contributed by atoms with Crippen molar-refractivity contribution in [1.82, 2.24) is 4.90 Å². The first-order valence-corrected chi connectivity index (χ1v) is 9.57. The molecular weight excluding hydrogens is 356 g/mol. The van der Waals surface area contributed by atoms with Gasteiger partial charge in [-0.2, -0.15) is 0 Å². The fraction of sp³-hybridized carbons (Fsp3) is 0.167. The molecule has 0 aliphatic carbocycles. The van der Waals surface area contributed by atoms with Gasteiger partial charge >= 0.3 is 0 Å². The first-order chi connectivity index (χ1) is 12.1. The number of imide groups is 1. The van der Waals surface area contributed by atoms with Gasteiger partial charge in [0.05, 0.1) is 16.0 Å². The molecule has 0 radical (unpaired) electrons. The molecule has 3 rings (SSSR count). The topological polar surface area (TPSA) is 101 Å². The van der Waals surface area contributed by atoms with Crippen LogP contribution in [-0.4, -0.2) is 44.3 Å². The maximum atomic E-state index is 12.5. The zero-order valence-electron chi connectivity index (χ0n) is 14.4. The summed E-state index contributed by atoms with van der Waals surface area (Å²) in [4.78, 5) is 37.6. The van der Waals surface area contributed by atoms with Crippen LogP contribution in [0, 0.1) is 6.92 Å². The molecule has 0 spiro atoms. The summed E-state index contributed by atoms with van der Waals surface area (Å²) in [6, 6.07) is 8.71. The van der Waals surface area contributed by atoms with E-state index >= 15 is 0 Å². The Bertz CT molecular complexity index is 1070. The minimum absolute atomic E-state index is 0.0924. The molecule has 2 aromatic rings. The minimum Gasteiger partial charge on any atom is -0.322 e. The van der Waals surface area contributed by atoms with Gasteiger partial charge in [0.2, 0.25) is 0 Å². The lowest BCUT2D eigenvalue weighted by atomic mass is 10.0. The van der Waals surface area contributed by atoms with Crippen molar-refractivity contribution in [2.24, 2.45) is 0 Å². The third kappa shape index (κ3) is 2.99. The van der Waals surface area contributed by atoms with Crippen LogP contribution in [0.25, 0.3) is 0 Å². The number of carbonyl (C=O) groups is 3. The Morgan fingerprint density at radius 1 is 1.00 bits per heavy atom.